The zero-order valence-corrected chi connectivity index (χ0v) is 26.2. The molecule has 0 aliphatic heterocycles. The number of nitro groups is 2. The fraction of sp³-hybridized carbons (Fsp3) is 0.195. The summed E-state index contributed by atoms with van der Waals surface area (Å²) in [7, 11) is -1.34. The highest BCUT2D eigenvalue weighted by atomic mass is 79.9. The molecule has 0 spiro atoms. The van der Waals surface area contributed by atoms with Gasteiger partial charge < -0.3 is 15.8 Å². The molecule has 14 heteroatoms. The minimum atomic E-state index is -1.34. The number of hydrogen-bond donors (Lipinski definition) is 3. The molecule has 55 heavy (non-hydrogen) atoms. The number of nitrogens with zero attached hydrogens (tertiary/aromatic N) is 5. The van der Waals surface area contributed by atoms with Crippen molar-refractivity contribution in [2.75, 3.05) is 5.73 Å². The second kappa shape index (κ2) is 32.8. The molecule has 0 fully saturated rings. The molecule has 0 amide bonds. The van der Waals surface area contributed by atoms with Crippen molar-refractivity contribution in [3.05, 3.63) is 171 Å². The number of benzene rings is 3. The van der Waals surface area contributed by atoms with Gasteiger partial charge in [0.2, 0.25) is 0 Å². The van der Waals surface area contributed by atoms with E-state index in [1.165, 1.54) is 30.6 Å². The fourth-order valence-electron chi connectivity index (χ4n) is 3.56. The van der Waals surface area contributed by atoms with Crippen LogP contribution in [0.1, 0.15) is 59.4 Å². The van der Waals surface area contributed by atoms with Crippen LogP contribution in [0.5, 0.6) is 0 Å². The lowest BCUT2D eigenvalue weighted by Gasteiger charge is -1.99. The number of hydrogen-bond acceptors (Lipinski definition) is 10. The first-order chi connectivity index (χ1) is 22.6. The van der Waals surface area contributed by atoms with E-state index in [9.17, 15) is 20.2 Å². The summed E-state index contributed by atoms with van der Waals surface area (Å²) in [6.07, 6.45) is 4.13. The van der Waals surface area contributed by atoms with Gasteiger partial charge in [0.05, 0.1) is 33.1 Å². The van der Waals surface area contributed by atoms with E-state index in [4.69, 9.17) is 15.8 Å². The van der Waals surface area contributed by atoms with Crippen LogP contribution in [-0.4, -0.2) is 42.0 Å². The summed E-state index contributed by atoms with van der Waals surface area (Å²) >= 11 is 3.06. The zero-order valence-electron chi connectivity index (χ0n) is 24.7. The Balaban J connectivity index is -0.000000141. The van der Waals surface area contributed by atoms with Gasteiger partial charge in [0.25, 0.3) is 11.4 Å². The molecule has 3 aromatic carbocycles. The maximum Gasteiger partial charge on any atom is 0.488 e. The Labute approximate surface area is 337 Å². The SMILES string of the molecule is C.C.C.C.C.C.C.C.Nc1ccc(-c2ccccc2)nc1.O=[N+]([O-])c1ccc(-c2ccccc2)nc1.O=[N+]([O-])c1ccc(Br)nc1.OB(O)c1ccccc1. The number of anilines is 1. The van der Waals surface area contributed by atoms with Crippen LogP contribution in [0.2, 0.25) is 0 Å². The third kappa shape index (κ3) is 22.1. The van der Waals surface area contributed by atoms with Crippen molar-refractivity contribution < 1.29 is 19.9 Å². The molecule has 0 bridgehead atoms. The van der Waals surface area contributed by atoms with E-state index in [-0.39, 0.29) is 70.8 Å². The third-order valence-electron chi connectivity index (χ3n) is 5.90. The van der Waals surface area contributed by atoms with Gasteiger partial charge in [0.15, 0.2) is 0 Å². The second-order valence-corrected chi connectivity index (χ2v) is 10.1. The molecule has 0 atom stereocenters. The van der Waals surface area contributed by atoms with Crippen molar-refractivity contribution >= 4 is 45.6 Å². The Kier molecular flexibility index (Phi) is 36.5. The molecule has 0 saturated heterocycles. The van der Waals surface area contributed by atoms with Crippen LogP contribution >= 0.6 is 15.9 Å². The monoisotopic (exact) mass is 822 g/mol. The van der Waals surface area contributed by atoms with E-state index < -0.39 is 17.0 Å². The van der Waals surface area contributed by atoms with Crippen LogP contribution in [0.25, 0.3) is 22.5 Å². The van der Waals surface area contributed by atoms with Gasteiger partial charge in [0.1, 0.15) is 17.0 Å². The highest BCUT2D eigenvalue weighted by molar-refractivity contribution is 9.10. The van der Waals surface area contributed by atoms with Crippen LogP contribution in [-0.2, 0) is 0 Å². The minimum Gasteiger partial charge on any atom is -0.423 e. The van der Waals surface area contributed by atoms with Crippen LogP contribution in [0.4, 0.5) is 17.1 Å². The topological polar surface area (TPSA) is 191 Å². The molecule has 4 N–H and O–H groups in total. The summed E-state index contributed by atoms with van der Waals surface area (Å²) in [5.74, 6) is 0. The average molecular weight is 824 g/mol. The predicted octanol–water partition coefficient (Wildman–Crippen LogP) is 11.2. The normalized spacial score (nSPS) is 8.20. The van der Waals surface area contributed by atoms with Crippen LogP contribution < -0.4 is 11.2 Å². The second-order valence-electron chi connectivity index (χ2n) is 9.25. The third-order valence-corrected chi connectivity index (χ3v) is 6.37. The largest absolute Gasteiger partial charge is 0.488 e. The lowest BCUT2D eigenvalue weighted by Crippen LogP contribution is -2.29. The van der Waals surface area contributed by atoms with Crippen molar-refractivity contribution in [2.45, 2.75) is 59.4 Å². The lowest BCUT2D eigenvalue weighted by atomic mass is 9.81. The van der Waals surface area contributed by atoms with Crippen LogP contribution in [0, 0.1) is 20.2 Å². The number of rotatable bonds is 5. The first-order valence-electron chi connectivity index (χ1n) is 13.7. The van der Waals surface area contributed by atoms with E-state index in [2.05, 4.69) is 30.9 Å². The Morgan fingerprint density at radius 3 is 1.16 bits per heavy atom. The number of nitrogen functional groups attached to an aromatic ring is 1. The Morgan fingerprint density at radius 2 is 0.873 bits per heavy atom. The molecule has 12 nitrogen and oxygen atoms in total. The first kappa shape index (κ1) is 61.2. The number of halogens is 1. The summed E-state index contributed by atoms with van der Waals surface area (Å²) in [6, 6.07) is 38.0. The van der Waals surface area contributed by atoms with Gasteiger partial charge in [-0.2, -0.15) is 0 Å². The number of pyridine rings is 3. The van der Waals surface area contributed by atoms with E-state index >= 15 is 0 Å². The maximum absolute atomic E-state index is 10.4. The Bertz CT molecular complexity index is 1810. The summed E-state index contributed by atoms with van der Waals surface area (Å²) < 4.78 is 0.595. The van der Waals surface area contributed by atoms with Crippen molar-refractivity contribution in [3.8, 4) is 22.5 Å². The lowest BCUT2D eigenvalue weighted by molar-refractivity contribution is -0.385. The average Bonchev–Trinajstić information content (AvgIpc) is 3.11. The smallest absolute Gasteiger partial charge is 0.423 e. The molecule has 6 rings (SSSR count). The van der Waals surface area contributed by atoms with Gasteiger partial charge >= 0.3 is 7.12 Å². The fourth-order valence-corrected chi connectivity index (χ4v) is 3.79. The summed E-state index contributed by atoms with van der Waals surface area (Å²) in [6.45, 7) is 0. The summed E-state index contributed by atoms with van der Waals surface area (Å²) in [4.78, 5) is 31.5. The van der Waals surface area contributed by atoms with E-state index in [1.54, 1.807) is 36.5 Å². The van der Waals surface area contributed by atoms with Crippen molar-refractivity contribution in [2.24, 2.45) is 0 Å². The van der Waals surface area contributed by atoms with Gasteiger partial charge in [-0.3, -0.25) is 25.2 Å². The molecule has 6 aromatic rings. The van der Waals surface area contributed by atoms with Crippen molar-refractivity contribution in [1.82, 2.24) is 15.0 Å². The Hall–Kier alpha value is -5.83. The first-order valence-corrected chi connectivity index (χ1v) is 14.5. The molecule has 300 valence electrons. The van der Waals surface area contributed by atoms with E-state index in [1.807, 2.05) is 78.9 Å². The highest BCUT2D eigenvalue weighted by Gasteiger charge is 2.08. The van der Waals surface area contributed by atoms with Gasteiger partial charge in [0, 0.05) is 23.3 Å². The molecule has 0 aliphatic rings. The predicted molar refractivity (Wildman–Crippen MR) is 239 cm³/mol. The van der Waals surface area contributed by atoms with Gasteiger partial charge in [-0.1, -0.05) is 150 Å². The molecular weight excluding hydrogens is 763 g/mol. The molecule has 0 saturated carbocycles. The molecule has 0 aliphatic carbocycles. The van der Waals surface area contributed by atoms with Gasteiger partial charge in [-0.15, -0.1) is 0 Å². The molecule has 3 aromatic heterocycles. The van der Waals surface area contributed by atoms with Gasteiger partial charge in [-0.05, 0) is 45.7 Å². The van der Waals surface area contributed by atoms with E-state index in [0.717, 1.165) is 22.5 Å². The minimum absolute atomic E-state index is 0. The maximum atomic E-state index is 10.4. The van der Waals surface area contributed by atoms with E-state index in [0.29, 0.717) is 15.8 Å². The molecule has 0 unspecified atom stereocenters. The van der Waals surface area contributed by atoms with Crippen molar-refractivity contribution in [1.29, 1.82) is 0 Å². The number of nitrogens with two attached hydrogens (primary N) is 1. The highest BCUT2D eigenvalue weighted by Crippen LogP contribution is 2.19. The molecular formula is C41H60BBrN6O6. The van der Waals surface area contributed by atoms with Crippen LogP contribution in [0.15, 0.2) is 151 Å². The number of aromatic nitrogens is 3. The van der Waals surface area contributed by atoms with Gasteiger partial charge in [-0.25, -0.2) is 9.97 Å². The quantitative estimate of drug-likeness (QED) is 0.0652. The summed E-state index contributed by atoms with van der Waals surface area (Å²) in [5.41, 5.74) is 10.5. The molecule has 0 radical (unpaired) electrons. The standard InChI is InChI=1S/C11H8N2O2.C11H10N2.C6H7BO2.C5H3BrN2O2.8CH4/c14-13(15)10-6-7-11(12-8-10)9-4-2-1-3-5-9;12-10-6-7-11(13-8-10)9-4-2-1-3-5-9;8-7(9)6-4-2-1-3-5-6;6-5-2-1-4(3-7-5)8(9)10;;;;;;;;/h1-8H;1-8H,12H2;1-5,8-9H;1-3H;8*1H4. The zero-order chi connectivity index (χ0) is 34.0. The molecule has 3 heterocycles. The van der Waals surface area contributed by atoms with Crippen LogP contribution in [0.3, 0.4) is 0 Å². The van der Waals surface area contributed by atoms with Crippen molar-refractivity contribution in [3.63, 3.8) is 0 Å². The Morgan fingerprint density at radius 1 is 0.509 bits per heavy atom. The summed E-state index contributed by atoms with van der Waals surface area (Å²) in [5, 5.41) is 37.6.